The fourth-order valence-corrected chi connectivity index (χ4v) is 4.40. The van der Waals surface area contributed by atoms with Crippen molar-refractivity contribution in [2.45, 2.75) is 46.3 Å². The first-order chi connectivity index (χ1) is 18.2. The normalized spacial score (nSPS) is 18.4. The van der Waals surface area contributed by atoms with Crippen molar-refractivity contribution in [3.63, 3.8) is 0 Å². The first kappa shape index (κ1) is 28.1. The van der Waals surface area contributed by atoms with Gasteiger partial charge in [-0.3, -0.25) is 14.4 Å². The van der Waals surface area contributed by atoms with E-state index in [1.54, 1.807) is 13.3 Å². The van der Waals surface area contributed by atoms with Gasteiger partial charge in [0.25, 0.3) is 6.47 Å². The summed E-state index contributed by atoms with van der Waals surface area (Å²) >= 11 is 0. The number of aromatic nitrogens is 3. The molecule has 0 radical (unpaired) electrons. The van der Waals surface area contributed by atoms with Gasteiger partial charge in [-0.1, -0.05) is 0 Å². The van der Waals surface area contributed by atoms with Crippen LogP contribution in [0.2, 0.25) is 0 Å². The van der Waals surface area contributed by atoms with Gasteiger partial charge in [0.05, 0.1) is 29.1 Å². The summed E-state index contributed by atoms with van der Waals surface area (Å²) in [7, 11) is 0. The second kappa shape index (κ2) is 12.7. The summed E-state index contributed by atoms with van der Waals surface area (Å²) in [5.74, 6) is 1.40. The highest BCUT2D eigenvalue weighted by atomic mass is 16.3. The van der Waals surface area contributed by atoms with E-state index in [-0.39, 0.29) is 18.4 Å². The van der Waals surface area contributed by atoms with E-state index >= 15 is 0 Å². The van der Waals surface area contributed by atoms with Crippen LogP contribution < -0.4 is 10.2 Å². The van der Waals surface area contributed by atoms with Crippen LogP contribution in [0.15, 0.2) is 65.2 Å². The SMILES string of the molecule is C=N/C(C)=C\C=C(/C)Nc1ccc2c(c1)ncn2-c1ccc(C(C)O)c(N2CC(C#N)CC2C)n1.O=CO. The number of nitrogens with zero attached hydrogens (tertiary/aromatic N) is 6. The van der Waals surface area contributed by atoms with Crippen molar-refractivity contribution in [2.24, 2.45) is 10.9 Å². The minimum absolute atomic E-state index is 0.0396. The van der Waals surface area contributed by atoms with Crippen molar-refractivity contribution in [1.29, 1.82) is 5.26 Å². The van der Waals surface area contributed by atoms with Crippen LogP contribution in [0.5, 0.6) is 0 Å². The molecule has 3 heterocycles. The Morgan fingerprint density at radius 2 is 2.05 bits per heavy atom. The number of hydrogen-bond acceptors (Lipinski definition) is 8. The van der Waals surface area contributed by atoms with Crippen LogP contribution in [0.3, 0.4) is 0 Å². The van der Waals surface area contributed by atoms with E-state index in [0.717, 1.165) is 45.9 Å². The average Bonchev–Trinajstić information content (AvgIpc) is 3.50. The molecule has 0 spiro atoms. The standard InChI is InChI=1S/C27H31N7O.CH2O2/c1-17(29-5)6-7-18(2)31-22-8-10-25-24(13-22)30-16-34(25)26-11-9-23(20(4)35)27(32-26)33-15-21(14-28)12-19(33)3;2-1-3/h6-11,13,16,19-21,31,35H,5,12,15H2,1-4H3;1H,(H,2,3)/b17-6-,18-7+;. The molecular formula is C28H33N7O3. The molecule has 1 aliphatic heterocycles. The molecule has 3 aromatic rings. The maximum absolute atomic E-state index is 10.4. The third-order valence-corrected chi connectivity index (χ3v) is 6.33. The van der Waals surface area contributed by atoms with Gasteiger partial charge < -0.3 is 20.4 Å². The quantitative estimate of drug-likeness (QED) is 0.231. The van der Waals surface area contributed by atoms with Crippen LogP contribution in [0.1, 0.15) is 45.8 Å². The number of nitriles is 1. The van der Waals surface area contributed by atoms with Crippen LogP contribution in [-0.4, -0.2) is 50.5 Å². The molecule has 1 saturated heterocycles. The second-order valence-electron chi connectivity index (χ2n) is 9.19. The molecule has 10 nitrogen and oxygen atoms in total. The van der Waals surface area contributed by atoms with Gasteiger partial charge in [0.15, 0.2) is 0 Å². The molecule has 1 aliphatic rings. The summed E-state index contributed by atoms with van der Waals surface area (Å²) in [5, 5.41) is 30.1. The summed E-state index contributed by atoms with van der Waals surface area (Å²) in [4.78, 5) is 23.9. The molecule has 3 N–H and O–H groups in total. The van der Waals surface area contributed by atoms with Crippen molar-refractivity contribution >= 4 is 35.7 Å². The zero-order chi connectivity index (χ0) is 27.8. The Kier molecular flexibility index (Phi) is 9.35. The molecule has 0 aliphatic carbocycles. The maximum Gasteiger partial charge on any atom is 0.290 e. The fraction of sp³-hybridized carbons (Fsp3) is 0.321. The zero-order valence-corrected chi connectivity index (χ0v) is 22.0. The Bertz CT molecular complexity index is 1400. The summed E-state index contributed by atoms with van der Waals surface area (Å²) in [6.07, 6.45) is 5.75. The number of carbonyl (C=O) groups is 1. The smallest absolute Gasteiger partial charge is 0.290 e. The van der Waals surface area contributed by atoms with E-state index in [4.69, 9.17) is 14.9 Å². The predicted octanol–water partition coefficient (Wildman–Crippen LogP) is 4.83. The number of anilines is 2. The van der Waals surface area contributed by atoms with Gasteiger partial charge in [0, 0.05) is 35.2 Å². The molecule has 3 atom stereocenters. The summed E-state index contributed by atoms with van der Waals surface area (Å²) in [6, 6.07) is 12.4. The number of aliphatic hydroxyl groups is 1. The monoisotopic (exact) mass is 515 g/mol. The van der Waals surface area contributed by atoms with Gasteiger partial charge in [-0.25, -0.2) is 9.97 Å². The minimum Gasteiger partial charge on any atom is -0.483 e. The van der Waals surface area contributed by atoms with E-state index in [0.29, 0.717) is 12.4 Å². The molecule has 3 unspecified atom stereocenters. The van der Waals surface area contributed by atoms with Crippen molar-refractivity contribution in [3.8, 4) is 11.9 Å². The first-order valence-corrected chi connectivity index (χ1v) is 12.2. The van der Waals surface area contributed by atoms with Crippen molar-refractivity contribution in [2.75, 3.05) is 16.8 Å². The number of rotatable bonds is 7. The van der Waals surface area contributed by atoms with Gasteiger partial charge in [-0.05, 0) is 83.3 Å². The zero-order valence-electron chi connectivity index (χ0n) is 22.0. The molecule has 1 aromatic carbocycles. The average molecular weight is 516 g/mol. The van der Waals surface area contributed by atoms with Crippen LogP contribution >= 0.6 is 0 Å². The molecule has 198 valence electrons. The Hall–Kier alpha value is -4.49. The molecule has 2 aromatic heterocycles. The summed E-state index contributed by atoms with van der Waals surface area (Å²) in [6.45, 7) is 11.6. The van der Waals surface area contributed by atoms with Crippen LogP contribution in [0, 0.1) is 17.2 Å². The second-order valence-corrected chi connectivity index (χ2v) is 9.19. The van der Waals surface area contributed by atoms with Crippen molar-refractivity contribution < 1.29 is 15.0 Å². The van der Waals surface area contributed by atoms with Gasteiger partial charge >= 0.3 is 0 Å². The number of allylic oxidation sites excluding steroid dienone is 4. The Balaban J connectivity index is 0.00000127. The molecule has 1 fully saturated rings. The highest BCUT2D eigenvalue weighted by Gasteiger charge is 2.32. The largest absolute Gasteiger partial charge is 0.483 e. The Morgan fingerprint density at radius 1 is 1.32 bits per heavy atom. The summed E-state index contributed by atoms with van der Waals surface area (Å²) < 4.78 is 1.95. The lowest BCUT2D eigenvalue weighted by molar-refractivity contribution is -0.122. The van der Waals surface area contributed by atoms with Gasteiger partial charge in [-0.2, -0.15) is 5.26 Å². The Morgan fingerprint density at radius 3 is 2.68 bits per heavy atom. The third-order valence-electron chi connectivity index (χ3n) is 6.33. The lowest BCUT2D eigenvalue weighted by atomic mass is 10.1. The Labute approximate surface area is 222 Å². The summed E-state index contributed by atoms with van der Waals surface area (Å²) in [5.41, 5.74) is 5.28. The van der Waals surface area contributed by atoms with Crippen LogP contribution in [0.25, 0.3) is 16.9 Å². The topological polar surface area (TPSA) is 140 Å². The predicted molar refractivity (Wildman–Crippen MR) is 149 cm³/mol. The van der Waals surface area contributed by atoms with E-state index in [9.17, 15) is 10.4 Å². The van der Waals surface area contributed by atoms with Crippen LogP contribution in [0.4, 0.5) is 11.5 Å². The highest BCUT2D eigenvalue weighted by Crippen LogP contribution is 2.34. The molecule has 0 saturated carbocycles. The third kappa shape index (κ3) is 6.44. The van der Waals surface area contributed by atoms with Crippen LogP contribution in [-0.2, 0) is 4.79 Å². The number of carboxylic acid groups (broad SMARTS) is 1. The molecule has 4 rings (SSSR count). The maximum atomic E-state index is 10.4. The number of pyridine rings is 1. The first-order valence-electron chi connectivity index (χ1n) is 12.2. The number of aliphatic imine (C=N–C) groups is 1. The van der Waals surface area contributed by atoms with Gasteiger partial charge in [0.2, 0.25) is 0 Å². The van der Waals surface area contributed by atoms with E-state index in [1.165, 1.54) is 0 Å². The number of aliphatic hydroxyl groups excluding tert-OH is 1. The van der Waals surface area contributed by atoms with Gasteiger partial charge in [0.1, 0.15) is 18.0 Å². The van der Waals surface area contributed by atoms with Crippen molar-refractivity contribution in [3.05, 3.63) is 65.8 Å². The number of benzene rings is 1. The van der Waals surface area contributed by atoms with E-state index in [1.807, 2.05) is 60.9 Å². The number of imidazole rings is 1. The minimum atomic E-state index is -0.662. The number of hydrogen-bond donors (Lipinski definition) is 3. The molecular weight excluding hydrogens is 482 g/mol. The fourth-order valence-electron chi connectivity index (χ4n) is 4.40. The molecule has 0 amide bonds. The number of nitrogens with one attached hydrogen (secondary N) is 1. The van der Waals surface area contributed by atoms with E-state index < -0.39 is 6.10 Å². The number of fused-ring (bicyclic) bond motifs is 1. The molecule has 0 bridgehead atoms. The highest BCUT2D eigenvalue weighted by molar-refractivity contribution is 5.81. The van der Waals surface area contributed by atoms with Crippen molar-refractivity contribution in [1.82, 2.24) is 14.5 Å². The molecule has 38 heavy (non-hydrogen) atoms. The lowest BCUT2D eigenvalue weighted by Crippen LogP contribution is -2.29. The molecule has 10 heteroatoms. The van der Waals surface area contributed by atoms with Gasteiger partial charge in [-0.15, -0.1) is 0 Å². The van der Waals surface area contributed by atoms with E-state index in [2.05, 4.69) is 39.9 Å². The lowest BCUT2D eigenvalue weighted by Gasteiger charge is -2.26.